The number of hydrogen-bond acceptors (Lipinski definition) is 5. The molecule has 3 aromatic heterocycles. The number of para-hydroxylation sites is 1. The van der Waals surface area contributed by atoms with Crippen LogP contribution in [0.4, 0.5) is 5.82 Å². The molecule has 0 saturated heterocycles. The molecule has 124 valence electrons. The van der Waals surface area contributed by atoms with E-state index in [1.165, 1.54) is 4.88 Å². The Bertz CT molecular complexity index is 1060. The lowest BCUT2D eigenvalue weighted by atomic mass is 9.91. The Labute approximate surface area is 152 Å². The van der Waals surface area contributed by atoms with Crippen LogP contribution in [0.25, 0.3) is 15.3 Å². The fourth-order valence-corrected chi connectivity index (χ4v) is 5.13. The third kappa shape index (κ3) is 2.31. The van der Waals surface area contributed by atoms with Crippen molar-refractivity contribution in [2.45, 2.75) is 19.3 Å². The van der Waals surface area contributed by atoms with Crippen molar-refractivity contribution in [3.05, 3.63) is 57.9 Å². The molecule has 0 radical (unpaired) electrons. The normalized spacial score (nSPS) is 16.8. The number of aromatic nitrogens is 3. The quantitative estimate of drug-likeness (QED) is 0.574. The Hall–Kier alpha value is -2.51. The van der Waals surface area contributed by atoms with Gasteiger partial charge in [-0.1, -0.05) is 29.5 Å². The summed E-state index contributed by atoms with van der Waals surface area (Å²) in [6, 6.07) is 12.1. The molecular weight excluding hydrogens is 352 g/mol. The number of benzene rings is 1. The lowest BCUT2D eigenvalue weighted by Crippen LogP contribution is -2.24. The molecule has 25 heavy (non-hydrogen) atoms. The summed E-state index contributed by atoms with van der Waals surface area (Å²) in [7, 11) is 0. The number of carbonyl (C=O) groups is 1. The predicted molar refractivity (Wildman–Crippen MR) is 101 cm³/mol. The summed E-state index contributed by atoms with van der Waals surface area (Å²) < 4.78 is 2.89. The minimum absolute atomic E-state index is 0.0214. The molecule has 1 atom stereocenters. The van der Waals surface area contributed by atoms with E-state index in [1.54, 1.807) is 27.4 Å². The van der Waals surface area contributed by atoms with Crippen LogP contribution in [0.3, 0.4) is 0 Å². The molecule has 5 nitrogen and oxygen atoms in total. The second-order valence-corrected chi connectivity index (χ2v) is 8.03. The van der Waals surface area contributed by atoms with Gasteiger partial charge < -0.3 is 5.32 Å². The number of rotatable bonds is 2. The van der Waals surface area contributed by atoms with Crippen LogP contribution in [0.15, 0.2) is 41.8 Å². The molecule has 1 N–H and O–H groups in total. The van der Waals surface area contributed by atoms with E-state index in [0.717, 1.165) is 32.4 Å². The number of amides is 1. The van der Waals surface area contributed by atoms with Gasteiger partial charge in [-0.25, -0.2) is 4.98 Å². The lowest BCUT2D eigenvalue weighted by Gasteiger charge is -2.22. The molecule has 1 aromatic carbocycles. The Morgan fingerprint density at radius 1 is 1.24 bits per heavy atom. The molecule has 1 amide bonds. The molecule has 0 bridgehead atoms. The van der Waals surface area contributed by atoms with Gasteiger partial charge in [0.05, 0.1) is 15.9 Å². The first-order valence-electron chi connectivity index (χ1n) is 7.99. The van der Waals surface area contributed by atoms with E-state index in [1.807, 2.05) is 37.3 Å². The zero-order valence-electron chi connectivity index (χ0n) is 13.4. The SMILES string of the molecule is Cc1nn(-c2nc3ccccc3s2)c2c1C(c1cccs1)CC(=O)N2. The van der Waals surface area contributed by atoms with Gasteiger partial charge in [0.25, 0.3) is 0 Å². The van der Waals surface area contributed by atoms with Crippen LogP contribution in [-0.4, -0.2) is 20.7 Å². The number of aryl methyl sites for hydroxylation is 1. The fourth-order valence-electron chi connectivity index (χ4n) is 3.37. The number of nitrogens with one attached hydrogen (secondary N) is 1. The molecule has 4 aromatic rings. The molecule has 0 aliphatic carbocycles. The smallest absolute Gasteiger partial charge is 0.226 e. The van der Waals surface area contributed by atoms with Gasteiger partial charge in [-0.05, 0) is 30.5 Å². The average Bonchev–Trinajstić information content (AvgIpc) is 3.32. The third-order valence-corrected chi connectivity index (χ3v) is 6.45. The van der Waals surface area contributed by atoms with Crippen molar-refractivity contribution >= 4 is 44.6 Å². The highest BCUT2D eigenvalue weighted by molar-refractivity contribution is 7.20. The van der Waals surface area contributed by atoms with Gasteiger partial charge in [0, 0.05) is 22.8 Å². The highest BCUT2D eigenvalue weighted by Gasteiger charge is 2.33. The Morgan fingerprint density at radius 3 is 2.92 bits per heavy atom. The first-order chi connectivity index (χ1) is 12.2. The van der Waals surface area contributed by atoms with Gasteiger partial charge in [-0.3, -0.25) is 4.79 Å². The zero-order chi connectivity index (χ0) is 17.0. The predicted octanol–water partition coefficient (Wildman–Crippen LogP) is 4.33. The number of thiophene rings is 1. The van der Waals surface area contributed by atoms with E-state index in [0.29, 0.717) is 6.42 Å². The van der Waals surface area contributed by atoms with E-state index in [4.69, 9.17) is 5.10 Å². The molecular formula is C18H14N4OS2. The van der Waals surface area contributed by atoms with Crippen molar-refractivity contribution in [3.8, 4) is 5.13 Å². The summed E-state index contributed by atoms with van der Waals surface area (Å²) in [6.07, 6.45) is 0.458. The van der Waals surface area contributed by atoms with Gasteiger partial charge in [0.2, 0.25) is 11.0 Å². The van der Waals surface area contributed by atoms with Crippen molar-refractivity contribution in [2.75, 3.05) is 5.32 Å². The maximum absolute atomic E-state index is 12.3. The summed E-state index contributed by atoms with van der Waals surface area (Å²) in [5.41, 5.74) is 2.98. The van der Waals surface area contributed by atoms with Crippen LogP contribution in [0.1, 0.15) is 28.5 Å². The molecule has 5 rings (SSSR count). The summed E-state index contributed by atoms with van der Waals surface area (Å²) >= 11 is 3.26. The molecule has 1 unspecified atom stereocenters. The Balaban J connectivity index is 1.70. The first-order valence-corrected chi connectivity index (χ1v) is 9.69. The minimum Gasteiger partial charge on any atom is -0.310 e. The molecule has 0 fully saturated rings. The summed E-state index contributed by atoms with van der Waals surface area (Å²) in [6.45, 7) is 2.00. The van der Waals surface area contributed by atoms with Crippen LogP contribution < -0.4 is 5.32 Å². The third-order valence-electron chi connectivity index (χ3n) is 4.45. The molecule has 1 aliphatic rings. The second-order valence-electron chi connectivity index (χ2n) is 6.04. The number of thiazole rings is 1. The monoisotopic (exact) mass is 366 g/mol. The molecule has 0 spiro atoms. The summed E-state index contributed by atoms with van der Waals surface area (Å²) in [5.74, 6) is 0.839. The zero-order valence-corrected chi connectivity index (χ0v) is 15.0. The highest BCUT2D eigenvalue weighted by Crippen LogP contribution is 2.42. The van der Waals surface area contributed by atoms with Gasteiger partial charge in [-0.2, -0.15) is 9.78 Å². The van der Waals surface area contributed by atoms with Crippen LogP contribution in [0.2, 0.25) is 0 Å². The summed E-state index contributed by atoms with van der Waals surface area (Å²) in [5, 5.41) is 10.5. The summed E-state index contributed by atoms with van der Waals surface area (Å²) in [4.78, 5) is 18.2. The second kappa shape index (κ2) is 5.50. The van der Waals surface area contributed by atoms with Gasteiger partial charge in [0.15, 0.2) is 0 Å². The average molecular weight is 366 g/mol. The number of nitrogens with zero attached hydrogens (tertiary/aromatic N) is 3. The highest BCUT2D eigenvalue weighted by atomic mass is 32.1. The lowest BCUT2D eigenvalue weighted by molar-refractivity contribution is -0.116. The Morgan fingerprint density at radius 2 is 2.12 bits per heavy atom. The number of hydrogen-bond donors (Lipinski definition) is 1. The maximum Gasteiger partial charge on any atom is 0.226 e. The van der Waals surface area contributed by atoms with Crippen LogP contribution in [0.5, 0.6) is 0 Å². The Kier molecular flexibility index (Phi) is 3.26. The van der Waals surface area contributed by atoms with Crippen molar-refractivity contribution in [1.29, 1.82) is 0 Å². The number of anilines is 1. The first kappa shape index (κ1) is 14.8. The van der Waals surface area contributed by atoms with E-state index in [2.05, 4.69) is 21.7 Å². The maximum atomic E-state index is 12.3. The van der Waals surface area contributed by atoms with Crippen LogP contribution >= 0.6 is 22.7 Å². The van der Waals surface area contributed by atoms with Crippen LogP contribution in [0, 0.1) is 6.92 Å². The minimum atomic E-state index is 0.0214. The van der Waals surface area contributed by atoms with E-state index in [-0.39, 0.29) is 11.8 Å². The van der Waals surface area contributed by atoms with E-state index >= 15 is 0 Å². The van der Waals surface area contributed by atoms with E-state index in [9.17, 15) is 4.79 Å². The van der Waals surface area contributed by atoms with E-state index < -0.39 is 0 Å². The largest absolute Gasteiger partial charge is 0.310 e. The topological polar surface area (TPSA) is 59.8 Å². The van der Waals surface area contributed by atoms with Crippen molar-refractivity contribution in [2.24, 2.45) is 0 Å². The molecule has 0 saturated carbocycles. The van der Waals surface area contributed by atoms with Crippen LogP contribution in [-0.2, 0) is 4.79 Å². The van der Waals surface area contributed by atoms with Crippen molar-refractivity contribution in [1.82, 2.24) is 14.8 Å². The molecule has 4 heterocycles. The number of fused-ring (bicyclic) bond motifs is 2. The standard InChI is InChI=1S/C18H14N4OS2/c1-10-16-11(13-7-4-8-24-13)9-15(23)20-17(16)22(21-10)18-19-12-5-2-3-6-14(12)25-18/h2-8,11H,9H2,1H3,(H,20,23). The van der Waals surface area contributed by atoms with Crippen molar-refractivity contribution < 1.29 is 4.79 Å². The number of carbonyl (C=O) groups excluding carboxylic acids is 1. The molecule has 7 heteroatoms. The molecule has 1 aliphatic heterocycles. The van der Waals surface area contributed by atoms with Gasteiger partial charge in [0.1, 0.15) is 5.82 Å². The van der Waals surface area contributed by atoms with Gasteiger partial charge in [-0.15, -0.1) is 11.3 Å². The fraction of sp³-hybridized carbons (Fsp3) is 0.167. The van der Waals surface area contributed by atoms with Crippen molar-refractivity contribution in [3.63, 3.8) is 0 Å². The van der Waals surface area contributed by atoms with Gasteiger partial charge >= 0.3 is 0 Å².